The predicted octanol–water partition coefficient (Wildman–Crippen LogP) is 2.27. The van der Waals surface area contributed by atoms with Crippen LogP contribution in [0.2, 0.25) is 0 Å². The second kappa shape index (κ2) is 8.60. The number of aromatic nitrogens is 2. The summed E-state index contributed by atoms with van der Waals surface area (Å²) in [4.78, 5) is 22.6. The standard InChI is InChI=1S/C17H17BrN6O2/c18-14-11-21-16(7-15(14)24-3-5-26-6-4-24)23-17(25)22-10-13-2-1-12(8-19)9-20-13/h1-2,7,9,11H,3-6,10H2,(H2,21,22,23,25). The van der Waals surface area contributed by atoms with E-state index in [2.05, 4.69) is 41.4 Å². The molecule has 3 rings (SSSR count). The van der Waals surface area contributed by atoms with Gasteiger partial charge in [0.05, 0.1) is 41.2 Å². The maximum Gasteiger partial charge on any atom is 0.320 e. The van der Waals surface area contributed by atoms with Crippen molar-refractivity contribution < 1.29 is 9.53 Å². The van der Waals surface area contributed by atoms with Gasteiger partial charge in [-0.1, -0.05) is 0 Å². The number of nitrogens with one attached hydrogen (secondary N) is 2. The van der Waals surface area contributed by atoms with Gasteiger partial charge in [-0.25, -0.2) is 9.78 Å². The van der Waals surface area contributed by atoms with Crippen molar-refractivity contribution in [3.63, 3.8) is 0 Å². The van der Waals surface area contributed by atoms with Crippen molar-refractivity contribution in [2.75, 3.05) is 36.5 Å². The van der Waals surface area contributed by atoms with E-state index in [-0.39, 0.29) is 12.6 Å². The summed E-state index contributed by atoms with van der Waals surface area (Å²) in [7, 11) is 0. The van der Waals surface area contributed by atoms with Crippen molar-refractivity contribution >= 4 is 33.5 Å². The van der Waals surface area contributed by atoms with Crippen molar-refractivity contribution in [2.24, 2.45) is 0 Å². The van der Waals surface area contributed by atoms with Crippen molar-refractivity contribution in [3.8, 4) is 6.07 Å². The molecular formula is C17H17BrN6O2. The predicted molar refractivity (Wildman–Crippen MR) is 99.8 cm³/mol. The van der Waals surface area contributed by atoms with E-state index in [9.17, 15) is 4.79 Å². The third kappa shape index (κ3) is 4.68. The number of hydrogen-bond acceptors (Lipinski definition) is 6. The zero-order valence-corrected chi connectivity index (χ0v) is 15.5. The zero-order valence-electron chi connectivity index (χ0n) is 13.9. The maximum atomic E-state index is 12.1. The fraction of sp³-hybridized carbons (Fsp3) is 0.294. The number of halogens is 1. The Bertz CT molecular complexity index is 815. The van der Waals surface area contributed by atoms with Gasteiger partial charge < -0.3 is 15.0 Å². The number of rotatable bonds is 4. The summed E-state index contributed by atoms with van der Waals surface area (Å²) in [5, 5.41) is 14.2. The van der Waals surface area contributed by atoms with E-state index >= 15 is 0 Å². The Labute approximate surface area is 159 Å². The van der Waals surface area contributed by atoms with Crippen LogP contribution in [-0.2, 0) is 11.3 Å². The van der Waals surface area contributed by atoms with Gasteiger partial charge in [0.2, 0.25) is 0 Å². The largest absolute Gasteiger partial charge is 0.378 e. The van der Waals surface area contributed by atoms with E-state index in [4.69, 9.17) is 10.00 Å². The number of anilines is 2. The third-order valence-electron chi connectivity index (χ3n) is 3.81. The Morgan fingerprint density at radius 1 is 1.31 bits per heavy atom. The SMILES string of the molecule is N#Cc1ccc(CNC(=O)Nc2cc(N3CCOCC3)c(Br)cn2)nc1. The molecule has 1 fully saturated rings. The molecule has 2 amide bonds. The van der Waals surface area contributed by atoms with Gasteiger partial charge in [0.25, 0.3) is 0 Å². The lowest BCUT2D eigenvalue weighted by atomic mass is 10.3. The summed E-state index contributed by atoms with van der Waals surface area (Å²) in [6.07, 6.45) is 3.14. The molecular weight excluding hydrogens is 400 g/mol. The number of morpholine rings is 1. The first-order valence-electron chi connectivity index (χ1n) is 8.04. The Balaban J connectivity index is 1.59. The third-order valence-corrected chi connectivity index (χ3v) is 4.42. The quantitative estimate of drug-likeness (QED) is 0.791. The number of nitrogens with zero attached hydrogens (tertiary/aromatic N) is 4. The Morgan fingerprint density at radius 2 is 2.12 bits per heavy atom. The number of carbonyl (C=O) groups excluding carboxylic acids is 1. The first-order chi connectivity index (χ1) is 12.7. The smallest absolute Gasteiger partial charge is 0.320 e. The second-order valence-corrected chi connectivity index (χ2v) is 6.43. The molecule has 0 unspecified atom stereocenters. The zero-order chi connectivity index (χ0) is 18.4. The van der Waals surface area contributed by atoms with Crippen molar-refractivity contribution in [1.29, 1.82) is 5.26 Å². The average Bonchev–Trinajstić information content (AvgIpc) is 2.69. The Kier molecular flexibility index (Phi) is 5.99. The van der Waals surface area contributed by atoms with E-state index in [0.29, 0.717) is 30.3 Å². The molecule has 2 aromatic rings. The van der Waals surface area contributed by atoms with Crippen molar-refractivity contribution in [1.82, 2.24) is 15.3 Å². The molecule has 0 radical (unpaired) electrons. The average molecular weight is 417 g/mol. The van der Waals surface area contributed by atoms with E-state index in [0.717, 1.165) is 23.2 Å². The van der Waals surface area contributed by atoms with Gasteiger partial charge in [-0.3, -0.25) is 10.3 Å². The summed E-state index contributed by atoms with van der Waals surface area (Å²) in [5.74, 6) is 0.458. The molecule has 0 saturated carbocycles. The van der Waals surface area contributed by atoms with Crippen LogP contribution in [0.3, 0.4) is 0 Å². The fourth-order valence-electron chi connectivity index (χ4n) is 2.47. The summed E-state index contributed by atoms with van der Waals surface area (Å²) in [5.41, 5.74) is 2.11. The number of amides is 2. The molecule has 9 heteroatoms. The number of nitriles is 1. The van der Waals surface area contributed by atoms with Crippen LogP contribution in [0.4, 0.5) is 16.3 Å². The molecule has 1 aliphatic heterocycles. The monoisotopic (exact) mass is 416 g/mol. The molecule has 0 atom stereocenters. The summed E-state index contributed by atoms with van der Waals surface area (Å²) < 4.78 is 6.24. The van der Waals surface area contributed by atoms with E-state index in [1.807, 2.05) is 12.1 Å². The number of ether oxygens (including phenoxy) is 1. The molecule has 2 aromatic heterocycles. The van der Waals surface area contributed by atoms with E-state index in [1.165, 1.54) is 6.20 Å². The van der Waals surface area contributed by atoms with Crippen molar-refractivity contribution in [3.05, 3.63) is 46.3 Å². The number of pyridine rings is 2. The highest BCUT2D eigenvalue weighted by Gasteiger charge is 2.15. The fourth-order valence-corrected chi connectivity index (χ4v) is 2.94. The van der Waals surface area contributed by atoms with Gasteiger partial charge >= 0.3 is 6.03 Å². The highest BCUT2D eigenvalue weighted by molar-refractivity contribution is 9.10. The topological polar surface area (TPSA) is 103 Å². The van der Waals surface area contributed by atoms with Crippen LogP contribution in [0.1, 0.15) is 11.3 Å². The van der Waals surface area contributed by atoms with Gasteiger partial charge in [0.1, 0.15) is 11.9 Å². The number of hydrogen-bond donors (Lipinski definition) is 2. The first kappa shape index (κ1) is 18.1. The second-order valence-electron chi connectivity index (χ2n) is 5.58. The molecule has 8 nitrogen and oxygen atoms in total. The van der Waals surface area contributed by atoms with Gasteiger partial charge in [-0.15, -0.1) is 0 Å². The van der Waals surface area contributed by atoms with Crippen LogP contribution >= 0.6 is 15.9 Å². The van der Waals surface area contributed by atoms with Crippen molar-refractivity contribution in [2.45, 2.75) is 6.54 Å². The maximum absolute atomic E-state index is 12.1. The van der Waals surface area contributed by atoms with Crippen LogP contribution in [0, 0.1) is 11.3 Å². The minimum atomic E-state index is -0.376. The van der Waals surface area contributed by atoms with Gasteiger partial charge in [-0.2, -0.15) is 5.26 Å². The summed E-state index contributed by atoms with van der Waals surface area (Å²) in [6.45, 7) is 3.19. The molecule has 0 aliphatic carbocycles. The van der Waals surface area contributed by atoms with Crippen LogP contribution in [0.25, 0.3) is 0 Å². The molecule has 0 aromatic carbocycles. The minimum Gasteiger partial charge on any atom is -0.378 e. The van der Waals surface area contributed by atoms with Crippen LogP contribution < -0.4 is 15.5 Å². The van der Waals surface area contributed by atoms with Gasteiger partial charge in [0, 0.05) is 31.5 Å². The highest BCUT2D eigenvalue weighted by atomic mass is 79.9. The number of carbonyl (C=O) groups is 1. The normalized spacial score (nSPS) is 13.8. The van der Waals surface area contributed by atoms with E-state index < -0.39 is 0 Å². The number of urea groups is 1. The highest BCUT2D eigenvalue weighted by Crippen LogP contribution is 2.28. The first-order valence-corrected chi connectivity index (χ1v) is 8.83. The van der Waals surface area contributed by atoms with Gasteiger partial charge in [0.15, 0.2) is 0 Å². The Morgan fingerprint density at radius 3 is 2.81 bits per heavy atom. The molecule has 134 valence electrons. The molecule has 3 heterocycles. The molecule has 1 aliphatic rings. The molecule has 1 saturated heterocycles. The molecule has 0 bridgehead atoms. The van der Waals surface area contributed by atoms with E-state index in [1.54, 1.807) is 18.3 Å². The van der Waals surface area contributed by atoms with Gasteiger partial charge in [-0.05, 0) is 28.1 Å². The summed E-state index contributed by atoms with van der Waals surface area (Å²) in [6, 6.07) is 6.82. The Hall–Kier alpha value is -2.70. The molecule has 2 N–H and O–H groups in total. The van der Waals surface area contributed by atoms with Crippen LogP contribution in [0.15, 0.2) is 35.1 Å². The minimum absolute atomic E-state index is 0.254. The lowest BCUT2D eigenvalue weighted by molar-refractivity contribution is 0.122. The summed E-state index contributed by atoms with van der Waals surface area (Å²) >= 11 is 3.50. The lowest BCUT2D eigenvalue weighted by Crippen LogP contribution is -2.36. The molecule has 0 spiro atoms. The molecule has 26 heavy (non-hydrogen) atoms. The van der Waals surface area contributed by atoms with Crippen LogP contribution in [0.5, 0.6) is 0 Å². The van der Waals surface area contributed by atoms with Crippen LogP contribution in [-0.4, -0.2) is 42.3 Å². The lowest BCUT2D eigenvalue weighted by Gasteiger charge is -2.29.